The SMILES string of the molecule is CCOc1cc(O)ccc1F. The predicted octanol–water partition coefficient (Wildman–Crippen LogP) is 1.93. The molecule has 0 aliphatic heterocycles. The summed E-state index contributed by atoms with van der Waals surface area (Å²) in [6.07, 6.45) is 0. The second-order valence-corrected chi connectivity index (χ2v) is 2.05. The summed E-state index contributed by atoms with van der Waals surface area (Å²) in [5.41, 5.74) is 0. The van der Waals surface area contributed by atoms with E-state index >= 15 is 0 Å². The molecule has 1 aromatic carbocycles. The summed E-state index contributed by atoms with van der Waals surface area (Å²) >= 11 is 0. The van der Waals surface area contributed by atoms with Crippen molar-refractivity contribution >= 4 is 0 Å². The fourth-order valence-electron chi connectivity index (χ4n) is 0.758. The van der Waals surface area contributed by atoms with E-state index in [-0.39, 0.29) is 11.5 Å². The fourth-order valence-corrected chi connectivity index (χ4v) is 0.758. The molecule has 0 saturated carbocycles. The minimum absolute atomic E-state index is 0.00912. The molecule has 60 valence electrons. The van der Waals surface area contributed by atoms with Gasteiger partial charge in [-0.15, -0.1) is 0 Å². The first-order valence-corrected chi connectivity index (χ1v) is 3.35. The summed E-state index contributed by atoms with van der Waals surface area (Å²) in [6.45, 7) is 2.14. The van der Waals surface area contributed by atoms with Crippen LogP contribution in [0.3, 0.4) is 0 Å². The average molecular weight is 156 g/mol. The first-order chi connectivity index (χ1) is 5.24. The minimum Gasteiger partial charge on any atom is -0.508 e. The normalized spacial score (nSPS) is 9.64. The summed E-state index contributed by atoms with van der Waals surface area (Å²) in [7, 11) is 0. The van der Waals surface area contributed by atoms with Gasteiger partial charge in [0, 0.05) is 6.07 Å². The summed E-state index contributed by atoms with van der Waals surface area (Å²) in [6, 6.07) is 3.69. The maximum atomic E-state index is 12.7. The van der Waals surface area contributed by atoms with Crippen LogP contribution in [0, 0.1) is 5.82 Å². The molecular formula is C8H9FO2. The molecular weight excluding hydrogens is 147 g/mol. The molecule has 1 rings (SSSR count). The van der Waals surface area contributed by atoms with E-state index in [0.717, 1.165) is 0 Å². The van der Waals surface area contributed by atoms with Crippen LogP contribution in [-0.4, -0.2) is 11.7 Å². The van der Waals surface area contributed by atoms with E-state index in [1.165, 1.54) is 18.2 Å². The molecule has 0 saturated heterocycles. The van der Waals surface area contributed by atoms with Crippen molar-refractivity contribution in [3.8, 4) is 11.5 Å². The van der Waals surface area contributed by atoms with Gasteiger partial charge < -0.3 is 9.84 Å². The van der Waals surface area contributed by atoms with Gasteiger partial charge in [0.15, 0.2) is 11.6 Å². The van der Waals surface area contributed by atoms with Gasteiger partial charge in [-0.1, -0.05) is 0 Å². The maximum absolute atomic E-state index is 12.7. The highest BCUT2D eigenvalue weighted by molar-refractivity contribution is 5.33. The lowest BCUT2D eigenvalue weighted by atomic mass is 10.3. The Morgan fingerprint density at radius 2 is 2.27 bits per heavy atom. The molecule has 1 N–H and O–H groups in total. The molecule has 0 radical (unpaired) electrons. The molecule has 0 heterocycles. The number of phenolic OH excluding ortho intramolecular Hbond substituents is 1. The average Bonchev–Trinajstić information content (AvgIpc) is 1.98. The topological polar surface area (TPSA) is 29.5 Å². The van der Waals surface area contributed by atoms with E-state index in [9.17, 15) is 4.39 Å². The van der Waals surface area contributed by atoms with Crippen molar-refractivity contribution in [1.29, 1.82) is 0 Å². The van der Waals surface area contributed by atoms with Crippen molar-refractivity contribution in [1.82, 2.24) is 0 Å². The molecule has 0 amide bonds. The van der Waals surface area contributed by atoms with Crippen LogP contribution in [0.15, 0.2) is 18.2 Å². The Balaban J connectivity index is 2.93. The maximum Gasteiger partial charge on any atom is 0.165 e. The van der Waals surface area contributed by atoms with Gasteiger partial charge in [-0.2, -0.15) is 0 Å². The number of hydrogen-bond donors (Lipinski definition) is 1. The Hall–Kier alpha value is -1.25. The van der Waals surface area contributed by atoms with Gasteiger partial charge >= 0.3 is 0 Å². The molecule has 0 bridgehead atoms. The Morgan fingerprint density at radius 1 is 1.55 bits per heavy atom. The monoisotopic (exact) mass is 156 g/mol. The van der Waals surface area contributed by atoms with E-state index in [2.05, 4.69) is 0 Å². The van der Waals surface area contributed by atoms with Gasteiger partial charge in [-0.3, -0.25) is 0 Å². The first-order valence-electron chi connectivity index (χ1n) is 3.35. The second kappa shape index (κ2) is 3.23. The number of halogens is 1. The third kappa shape index (κ3) is 1.83. The van der Waals surface area contributed by atoms with Crippen molar-refractivity contribution in [3.05, 3.63) is 24.0 Å². The lowest BCUT2D eigenvalue weighted by Gasteiger charge is -2.03. The van der Waals surface area contributed by atoms with Gasteiger partial charge in [0.1, 0.15) is 5.75 Å². The number of aromatic hydroxyl groups is 1. The van der Waals surface area contributed by atoms with Crippen molar-refractivity contribution < 1.29 is 14.2 Å². The van der Waals surface area contributed by atoms with E-state index in [4.69, 9.17) is 9.84 Å². The van der Waals surface area contributed by atoms with Crippen LogP contribution in [0.2, 0.25) is 0 Å². The third-order valence-corrected chi connectivity index (χ3v) is 1.21. The van der Waals surface area contributed by atoms with Gasteiger partial charge in [-0.05, 0) is 19.1 Å². The van der Waals surface area contributed by atoms with Crippen LogP contribution >= 0.6 is 0 Å². The highest BCUT2D eigenvalue weighted by atomic mass is 19.1. The molecule has 3 heteroatoms. The van der Waals surface area contributed by atoms with E-state index in [1.54, 1.807) is 6.92 Å². The van der Waals surface area contributed by atoms with Gasteiger partial charge in [0.2, 0.25) is 0 Å². The van der Waals surface area contributed by atoms with Crippen molar-refractivity contribution in [3.63, 3.8) is 0 Å². The van der Waals surface area contributed by atoms with Crippen molar-refractivity contribution in [2.45, 2.75) is 6.92 Å². The van der Waals surface area contributed by atoms with Gasteiger partial charge in [0.05, 0.1) is 6.61 Å². The molecule has 0 atom stereocenters. The molecule has 0 unspecified atom stereocenters. The molecule has 1 aromatic rings. The molecule has 11 heavy (non-hydrogen) atoms. The number of ether oxygens (including phenoxy) is 1. The zero-order valence-corrected chi connectivity index (χ0v) is 6.17. The highest BCUT2D eigenvalue weighted by Gasteiger charge is 2.01. The molecule has 0 aliphatic carbocycles. The Bertz CT molecular complexity index is 248. The quantitative estimate of drug-likeness (QED) is 0.708. The van der Waals surface area contributed by atoms with Crippen molar-refractivity contribution in [2.75, 3.05) is 6.61 Å². The Kier molecular flexibility index (Phi) is 2.31. The summed E-state index contributed by atoms with van der Waals surface area (Å²) in [5.74, 6) is -0.355. The zero-order chi connectivity index (χ0) is 8.27. The Morgan fingerprint density at radius 3 is 2.91 bits per heavy atom. The smallest absolute Gasteiger partial charge is 0.165 e. The lowest BCUT2D eigenvalue weighted by Crippen LogP contribution is -1.93. The van der Waals surface area contributed by atoms with Crippen molar-refractivity contribution in [2.24, 2.45) is 0 Å². The molecule has 0 aliphatic rings. The van der Waals surface area contributed by atoms with E-state index < -0.39 is 5.82 Å². The summed E-state index contributed by atoms with van der Waals surface area (Å²) in [4.78, 5) is 0. The molecule has 0 aromatic heterocycles. The lowest BCUT2D eigenvalue weighted by molar-refractivity contribution is 0.319. The third-order valence-electron chi connectivity index (χ3n) is 1.21. The molecule has 0 spiro atoms. The number of benzene rings is 1. The summed E-state index contributed by atoms with van der Waals surface area (Å²) in [5, 5.41) is 8.92. The van der Waals surface area contributed by atoms with Crippen LogP contribution in [0.25, 0.3) is 0 Å². The first kappa shape index (κ1) is 7.85. The number of rotatable bonds is 2. The standard InChI is InChI=1S/C8H9FO2/c1-2-11-8-5-6(10)3-4-7(8)9/h3-5,10H,2H2,1H3. The fraction of sp³-hybridized carbons (Fsp3) is 0.250. The molecule has 2 nitrogen and oxygen atoms in total. The van der Waals surface area contributed by atoms with Crippen LogP contribution in [0.1, 0.15) is 6.92 Å². The predicted molar refractivity (Wildman–Crippen MR) is 39.2 cm³/mol. The van der Waals surface area contributed by atoms with E-state index in [0.29, 0.717) is 6.61 Å². The van der Waals surface area contributed by atoms with Gasteiger partial charge in [-0.25, -0.2) is 4.39 Å². The van der Waals surface area contributed by atoms with E-state index in [1.807, 2.05) is 0 Å². The molecule has 0 fully saturated rings. The van der Waals surface area contributed by atoms with Crippen LogP contribution in [-0.2, 0) is 0 Å². The zero-order valence-electron chi connectivity index (χ0n) is 6.17. The van der Waals surface area contributed by atoms with Crippen LogP contribution in [0.4, 0.5) is 4.39 Å². The number of hydrogen-bond acceptors (Lipinski definition) is 2. The van der Waals surface area contributed by atoms with Crippen LogP contribution < -0.4 is 4.74 Å². The highest BCUT2D eigenvalue weighted by Crippen LogP contribution is 2.21. The summed E-state index contributed by atoms with van der Waals surface area (Å²) < 4.78 is 17.6. The van der Waals surface area contributed by atoms with Gasteiger partial charge in [0.25, 0.3) is 0 Å². The largest absolute Gasteiger partial charge is 0.508 e. The second-order valence-electron chi connectivity index (χ2n) is 2.05. The minimum atomic E-state index is -0.454. The van der Waals surface area contributed by atoms with Crippen LogP contribution in [0.5, 0.6) is 11.5 Å². The Labute approximate surface area is 64.2 Å². The number of phenols is 1.